The van der Waals surface area contributed by atoms with Gasteiger partial charge in [0.2, 0.25) is 5.91 Å². The normalized spacial score (nSPS) is 29.1. The summed E-state index contributed by atoms with van der Waals surface area (Å²) in [4.78, 5) is 17.1. The van der Waals surface area contributed by atoms with Gasteiger partial charge < -0.3 is 15.4 Å². The molecule has 2 N–H and O–H groups in total. The van der Waals surface area contributed by atoms with Gasteiger partial charge in [0.05, 0.1) is 5.54 Å². The van der Waals surface area contributed by atoms with Crippen molar-refractivity contribution in [1.82, 2.24) is 9.80 Å². The monoisotopic (exact) mass is 325 g/mol. The van der Waals surface area contributed by atoms with E-state index in [4.69, 9.17) is 10.5 Å². The van der Waals surface area contributed by atoms with E-state index >= 15 is 0 Å². The molecular formula is C13H25Cl2N3O2. The molecule has 20 heavy (non-hydrogen) atoms. The molecule has 0 spiro atoms. The van der Waals surface area contributed by atoms with Crippen LogP contribution in [0.5, 0.6) is 0 Å². The fourth-order valence-corrected chi connectivity index (χ4v) is 3.44. The first-order valence-corrected chi connectivity index (χ1v) is 7.09. The number of carbonyl (C=O) groups is 1. The first kappa shape index (κ1) is 18.0. The lowest BCUT2D eigenvalue weighted by molar-refractivity contribution is -0.143. The van der Waals surface area contributed by atoms with Gasteiger partial charge in [0.15, 0.2) is 0 Å². The van der Waals surface area contributed by atoms with Crippen LogP contribution in [0.3, 0.4) is 0 Å². The number of carbonyl (C=O) groups excluding carboxylic acids is 1. The fourth-order valence-electron chi connectivity index (χ4n) is 3.44. The summed E-state index contributed by atoms with van der Waals surface area (Å²) in [6.07, 6.45) is 3.83. The van der Waals surface area contributed by atoms with Gasteiger partial charge in [-0.1, -0.05) is 0 Å². The molecule has 3 rings (SSSR count). The zero-order chi connectivity index (χ0) is 12.6. The van der Waals surface area contributed by atoms with E-state index < -0.39 is 5.54 Å². The number of hydrogen-bond acceptors (Lipinski definition) is 4. The maximum absolute atomic E-state index is 12.6. The smallest absolute Gasteiger partial charge is 0.242 e. The van der Waals surface area contributed by atoms with E-state index in [1.807, 2.05) is 4.90 Å². The van der Waals surface area contributed by atoms with Crippen molar-refractivity contribution in [2.75, 3.05) is 39.4 Å². The molecule has 118 valence electrons. The highest BCUT2D eigenvalue weighted by Gasteiger charge is 2.41. The minimum atomic E-state index is -0.668. The molecular weight excluding hydrogens is 301 g/mol. The summed E-state index contributed by atoms with van der Waals surface area (Å²) < 4.78 is 5.31. The van der Waals surface area contributed by atoms with Crippen LogP contribution in [0.4, 0.5) is 0 Å². The Hall–Kier alpha value is -0.0700. The molecule has 0 radical (unpaired) electrons. The highest BCUT2D eigenvalue weighted by molar-refractivity contribution is 5.86. The highest BCUT2D eigenvalue weighted by atomic mass is 35.5. The van der Waals surface area contributed by atoms with Crippen LogP contribution < -0.4 is 5.73 Å². The quantitative estimate of drug-likeness (QED) is 0.768. The average Bonchev–Trinajstić information content (AvgIpc) is 2.86. The third-order valence-electron chi connectivity index (χ3n) is 4.69. The number of nitrogens with zero attached hydrogens (tertiary/aromatic N) is 2. The number of halogens is 2. The number of nitrogens with two attached hydrogens (primary N) is 1. The molecule has 3 heterocycles. The van der Waals surface area contributed by atoms with Crippen LogP contribution in [0.1, 0.15) is 25.7 Å². The predicted molar refractivity (Wildman–Crippen MR) is 82.6 cm³/mol. The van der Waals surface area contributed by atoms with Gasteiger partial charge in [0, 0.05) is 38.9 Å². The van der Waals surface area contributed by atoms with Crippen LogP contribution in [0.2, 0.25) is 0 Å². The van der Waals surface area contributed by atoms with Crippen molar-refractivity contribution in [2.45, 2.75) is 37.3 Å². The van der Waals surface area contributed by atoms with Gasteiger partial charge in [-0.3, -0.25) is 9.69 Å². The van der Waals surface area contributed by atoms with Crippen molar-refractivity contribution >= 4 is 30.7 Å². The van der Waals surface area contributed by atoms with Gasteiger partial charge in [0.1, 0.15) is 0 Å². The lowest BCUT2D eigenvalue weighted by atomic mass is 9.89. The molecule has 0 bridgehead atoms. The molecule has 7 heteroatoms. The number of amides is 1. The summed E-state index contributed by atoms with van der Waals surface area (Å²) in [7, 11) is 0. The first-order chi connectivity index (χ1) is 8.69. The number of hydrogen-bond donors (Lipinski definition) is 1. The second-order valence-electron chi connectivity index (χ2n) is 5.85. The lowest BCUT2D eigenvalue weighted by Gasteiger charge is -2.42. The largest absolute Gasteiger partial charge is 0.381 e. The molecule has 1 atom stereocenters. The van der Waals surface area contributed by atoms with Gasteiger partial charge in [0.25, 0.3) is 0 Å². The van der Waals surface area contributed by atoms with E-state index in [2.05, 4.69) is 4.90 Å². The Labute approximate surface area is 133 Å². The Kier molecular flexibility index (Phi) is 6.54. The SMILES string of the molecule is Cl.Cl.NC1(C(=O)N2CCN3CCCC3C2)CCOCC1. The molecule has 0 aromatic heterocycles. The molecule has 1 unspecified atom stereocenters. The average molecular weight is 326 g/mol. The van der Waals surface area contributed by atoms with Crippen LogP contribution in [-0.4, -0.2) is 66.7 Å². The number of fused-ring (bicyclic) bond motifs is 1. The Morgan fingerprint density at radius 2 is 1.85 bits per heavy atom. The zero-order valence-electron chi connectivity index (χ0n) is 11.8. The van der Waals surface area contributed by atoms with Crippen LogP contribution in [-0.2, 0) is 9.53 Å². The summed E-state index contributed by atoms with van der Waals surface area (Å²) in [5.41, 5.74) is 5.62. The van der Waals surface area contributed by atoms with Gasteiger partial charge in [-0.25, -0.2) is 0 Å². The first-order valence-electron chi connectivity index (χ1n) is 7.09. The van der Waals surface area contributed by atoms with Gasteiger partial charge in [-0.15, -0.1) is 24.8 Å². The summed E-state index contributed by atoms with van der Waals surface area (Å²) >= 11 is 0. The van der Waals surface area contributed by atoms with Crippen molar-refractivity contribution in [3.05, 3.63) is 0 Å². The Morgan fingerprint density at radius 1 is 1.15 bits per heavy atom. The Balaban J connectivity index is 0.000001000. The number of rotatable bonds is 1. The molecule has 5 nitrogen and oxygen atoms in total. The Bertz CT molecular complexity index is 338. The number of ether oxygens (including phenoxy) is 1. The minimum Gasteiger partial charge on any atom is -0.381 e. The summed E-state index contributed by atoms with van der Waals surface area (Å²) in [5.74, 6) is 0.150. The topological polar surface area (TPSA) is 58.8 Å². The summed E-state index contributed by atoms with van der Waals surface area (Å²) in [6.45, 7) is 5.17. The second kappa shape index (κ2) is 7.27. The molecule has 1 amide bonds. The van der Waals surface area contributed by atoms with Crippen molar-refractivity contribution in [3.8, 4) is 0 Å². The molecule has 3 aliphatic rings. The lowest BCUT2D eigenvalue weighted by Crippen LogP contribution is -2.62. The molecule has 3 fully saturated rings. The molecule has 0 aliphatic carbocycles. The highest BCUT2D eigenvalue weighted by Crippen LogP contribution is 2.25. The van der Waals surface area contributed by atoms with E-state index in [9.17, 15) is 4.79 Å². The molecule has 0 aromatic rings. The van der Waals surface area contributed by atoms with Gasteiger partial charge in [-0.2, -0.15) is 0 Å². The molecule has 3 saturated heterocycles. The van der Waals surface area contributed by atoms with Gasteiger partial charge in [-0.05, 0) is 32.2 Å². The van der Waals surface area contributed by atoms with Crippen molar-refractivity contribution in [3.63, 3.8) is 0 Å². The van der Waals surface area contributed by atoms with E-state index in [0.717, 1.165) is 19.6 Å². The maximum atomic E-state index is 12.6. The van der Waals surface area contributed by atoms with Crippen molar-refractivity contribution < 1.29 is 9.53 Å². The second-order valence-corrected chi connectivity index (χ2v) is 5.85. The zero-order valence-corrected chi connectivity index (χ0v) is 13.4. The van der Waals surface area contributed by atoms with E-state index in [0.29, 0.717) is 32.1 Å². The third-order valence-corrected chi connectivity index (χ3v) is 4.69. The Morgan fingerprint density at radius 3 is 2.55 bits per heavy atom. The van der Waals surface area contributed by atoms with E-state index in [-0.39, 0.29) is 30.7 Å². The third kappa shape index (κ3) is 3.39. The van der Waals surface area contributed by atoms with Crippen molar-refractivity contribution in [2.24, 2.45) is 5.73 Å². The standard InChI is InChI=1S/C13H23N3O2.2ClH/c14-13(3-8-18-9-4-13)12(17)16-7-6-15-5-1-2-11(15)10-16;;/h11H,1-10,14H2;2*1H. The predicted octanol–water partition coefficient (Wildman–Crippen LogP) is 0.644. The summed E-state index contributed by atoms with van der Waals surface area (Å²) in [6, 6.07) is 0.575. The number of piperazine rings is 1. The van der Waals surface area contributed by atoms with Crippen molar-refractivity contribution in [1.29, 1.82) is 0 Å². The van der Waals surface area contributed by atoms with Crippen LogP contribution in [0.25, 0.3) is 0 Å². The van der Waals surface area contributed by atoms with Gasteiger partial charge >= 0.3 is 0 Å². The molecule has 0 aromatic carbocycles. The van der Waals surface area contributed by atoms with E-state index in [1.165, 1.54) is 19.4 Å². The van der Waals surface area contributed by atoms with E-state index in [1.54, 1.807) is 0 Å². The molecule has 3 aliphatic heterocycles. The maximum Gasteiger partial charge on any atom is 0.242 e. The van der Waals surface area contributed by atoms with Crippen LogP contribution >= 0.6 is 24.8 Å². The van der Waals surface area contributed by atoms with Crippen LogP contribution in [0.15, 0.2) is 0 Å². The van der Waals surface area contributed by atoms with Crippen LogP contribution in [0, 0.1) is 0 Å². The fraction of sp³-hybridized carbons (Fsp3) is 0.923. The minimum absolute atomic E-state index is 0. The molecule has 0 saturated carbocycles. The summed E-state index contributed by atoms with van der Waals surface area (Å²) in [5, 5.41) is 0.